The zero-order valence-corrected chi connectivity index (χ0v) is 14.8. The maximum Gasteiger partial charge on any atom is 0.115 e. The van der Waals surface area contributed by atoms with E-state index in [9.17, 15) is 0 Å². The summed E-state index contributed by atoms with van der Waals surface area (Å²) in [7, 11) is 0. The highest BCUT2D eigenvalue weighted by molar-refractivity contribution is 8.15. The standard InChI is InChI=1S/C18H15NS3/c1-11-7-9-15(20-11)17-13-5-3-4-6-14(13)19-18(22-17)16-10-8-12(2)21-16/h3-10,17H,1-2H3. The molecule has 22 heavy (non-hydrogen) atoms. The molecule has 1 aliphatic rings. The number of benzene rings is 1. The SMILES string of the molecule is Cc1ccc(C2=Nc3ccccc3C(c3ccc(C)s3)S2)s1. The number of para-hydroxylation sites is 1. The van der Waals surface area contributed by atoms with Crippen LogP contribution in [0.5, 0.6) is 0 Å². The molecule has 1 unspecified atom stereocenters. The van der Waals surface area contributed by atoms with E-state index in [1.807, 2.05) is 34.4 Å². The molecule has 0 aliphatic carbocycles. The molecule has 1 aliphatic heterocycles. The molecule has 2 aromatic heterocycles. The first-order valence-electron chi connectivity index (χ1n) is 7.18. The van der Waals surface area contributed by atoms with Crippen molar-refractivity contribution < 1.29 is 0 Å². The lowest BCUT2D eigenvalue weighted by atomic mass is 10.1. The molecular formula is C18H15NS3. The van der Waals surface area contributed by atoms with Gasteiger partial charge in [-0.15, -0.1) is 22.7 Å². The normalized spacial score (nSPS) is 17.2. The first kappa shape index (κ1) is 14.2. The minimum atomic E-state index is 0.352. The quantitative estimate of drug-likeness (QED) is 0.529. The number of thioether (sulfide) groups is 1. The van der Waals surface area contributed by atoms with Crippen molar-refractivity contribution in [2.45, 2.75) is 19.1 Å². The summed E-state index contributed by atoms with van der Waals surface area (Å²) in [4.78, 5) is 10.3. The maximum absolute atomic E-state index is 4.91. The molecule has 0 N–H and O–H groups in total. The third kappa shape index (κ3) is 2.56. The molecule has 1 atom stereocenters. The Morgan fingerprint density at radius 1 is 0.864 bits per heavy atom. The van der Waals surface area contributed by atoms with Crippen LogP contribution in [-0.4, -0.2) is 5.04 Å². The number of aliphatic imine (C=N–C) groups is 1. The van der Waals surface area contributed by atoms with Crippen molar-refractivity contribution in [2.24, 2.45) is 4.99 Å². The van der Waals surface area contributed by atoms with Gasteiger partial charge in [-0.1, -0.05) is 30.0 Å². The Kier molecular flexibility index (Phi) is 3.68. The number of rotatable bonds is 2. The van der Waals surface area contributed by atoms with Crippen molar-refractivity contribution in [3.05, 3.63) is 73.6 Å². The number of hydrogen-bond donors (Lipinski definition) is 0. The lowest BCUT2D eigenvalue weighted by Gasteiger charge is -2.23. The monoisotopic (exact) mass is 341 g/mol. The highest BCUT2D eigenvalue weighted by Crippen LogP contribution is 2.48. The van der Waals surface area contributed by atoms with Crippen LogP contribution in [0.1, 0.15) is 30.3 Å². The van der Waals surface area contributed by atoms with Crippen LogP contribution >= 0.6 is 34.4 Å². The van der Waals surface area contributed by atoms with E-state index in [0.717, 1.165) is 10.7 Å². The Balaban J connectivity index is 1.83. The average molecular weight is 342 g/mol. The fourth-order valence-electron chi connectivity index (χ4n) is 2.59. The van der Waals surface area contributed by atoms with E-state index in [2.05, 4.69) is 62.4 Å². The predicted molar refractivity (Wildman–Crippen MR) is 100 cm³/mol. The molecule has 4 rings (SSSR count). The molecule has 0 bridgehead atoms. The molecule has 3 aromatic rings. The van der Waals surface area contributed by atoms with Gasteiger partial charge in [0.2, 0.25) is 0 Å². The van der Waals surface area contributed by atoms with Crippen LogP contribution in [-0.2, 0) is 0 Å². The van der Waals surface area contributed by atoms with E-state index in [4.69, 9.17) is 4.99 Å². The molecule has 0 saturated heterocycles. The van der Waals surface area contributed by atoms with Gasteiger partial charge < -0.3 is 0 Å². The maximum atomic E-state index is 4.91. The third-order valence-electron chi connectivity index (χ3n) is 3.64. The summed E-state index contributed by atoms with van der Waals surface area (Å²) in [5.41, 5.74) is 2.43. The number of nitrogens with zero attached hydrogens (tertiary/aromatic N) is 1. The van der Waals surface area contributed by atoms with Gasteiger partial charge in [-0.3, -0.25) is 0 Å². The van der Waals surface area contributed by atoms with Crippen LogP contribution in [0.3, 0.4) is 0 Å². The summed E-state index contributed by atoms with van der Waals surface area (Å²) in [6, 6.07) is 17.4. The average Bonchev–Trinajstić information content (AvgIpc) is 3.15. The van der Waals surface area contributed by atoms with Crippen LogP contribution in [0, 0.1) is 13.8 Å². The van der Waals surface area contributed by atoms with Gasteiger partial charge in [-0.2, -0.15) is 0 Å². The van der Waals surface area contributed by atoms with Gasteiger partial charge in [0.1, 0.15) is 5.04 Å². The van der Waals surface area contributed by atoms with Gasteiger partial charge in [0.15, 0.2) is 0 Å². The van der Waals surface area contributed by atoms with Crippen molar-refractivity contribution in [1.29, 1.82) is 0 Å². The minimum Gasteiger partial charge on any atom is -0.240 e. The Morgan fingerprint density at radius 2 is 1.64 bits per heavy atom. The van der Waals surface area contributed by atoms with Crippen molar-refractivity contribution in [1.82, 2.24) is 0 Å². The van der Waals surface area contributed by atoms with E-state index in [-0.39, 0.29) is 0 Å². The largest absolute Gasteiger partial charge is 0.240 e. The number of aryl methyl sites for hydroxylation is 2. The van der Waals surface area contributed by atoms with Gasteiger partial charge >= 0.3 is 0 Å². The molecule has 0 spiro atoms. The van der Waals surface area contributed by atoms with Gasteiger partial charge in [-0.25, -0.2) is 4.99 Å². The second-order valence-corrected chi connectivity index (χ2v) is 9.03. The Morgan fingerprint density at radius 3 is 2.36 bits per heavy atom. The van der Waals surface area contributed by atoms with Crippen molar-refractivity contribution in [3.63, 3.8) is 0 Å². The van der Waals surface area contributed by atoms with Gasteiger partial charge in [0.05, 0.1) is 15.8 Å². The number of fused-ring (bicyclic) bond motifs is 1. The topological polar surface area (TPSA) is 12.4 Å². The first-order chi connectivity index (χ1) is 10.7. The lowest BCUT2D eigenvalue weighted by molar-refractivity contribution is 1.19. The second-order valence-electron chi connectivity index (χ2n) is 5.33. The first-order valence-corrected chi connectivity index (χ1v) is 9.69. The van der Waals surface area contributed by atoms with E-state index >= 15 is 0 Å². The van der Waals surface area contributed by atoms with Gasteiger partial charge in [0.25, 0.3) is 0 Å². The van der Waals surface area contributed by atoms with Crippen molar-refractivity contribution >= 4 is 45.2 Å². The molecule has 0 saturated carbocycles. The number of hydrogen-bond acceptors (Lipinski definition) is 4. The molecule has 1 nitrogen and oxygen atoms in total. The second kappa shape index (κ2) is 5.69. The zero-order valence-electron chi connectivity index (χ0n) is 12.4. The number of thiophene rings is 2. The molecule has 0 fully saturated rings. The Bertz CT molecular complexity index is 857. The molecule has 3 heterocycles. The molecule has 110 valence electrons. The highest BCUT2D eigenvalue weighted by Gasteiger charge is 2.27. The summed E-state index contributed by atoms with van der Waals surface area (Å²) in [5, 5.41) is 1.50. The summed E-state index contributed by atoms with van der Waals surface area (Å²) in [6.07, 6.45) is 0. The van der Waals surface area contributed by atoms with E-state index in [1.54, 1.807) is 0 Å². The predicted octanol–water partition coefficient (Wildman–Crippen LogP) is 6.34. The lowest BCUT2D eigenvalue weighted by Crippen LogP contribution is -2.06. The van der Waals surface area contributed by atoms with Crippen molar-refractivity contribution in [3.8, 4) is 0 Å². The van der Waals surface area contributed by atoms with Gasteiger partial charge in [-0.05, 0) is 49.7 Å². The molecule has 1 aromatic carbocycles. The Hall–Kier alpha value is -1.36. The fourth-order valence-corrected chi connectivity index (χ4v) is 5.86. The summed E-state index contributed by atoms with van der Waals surface area (Å²) < 4.78 is 0. The van der Waals surface area contributed by atoms with Crippen LogP contribution in [0.15, 0.2) is 53.5 Å². The third-order valence-corrected chi connectivity index (χ3v) is 7.27. The Labute approximate surface area is 142 Å². The van der Waals surface area contributed by atoms with Crippen LogP contribution in [0.4, 0.5) is 5.69 Å². The van der Waals surface area contributed by atoms with Crippen molar-refractivity contribution in [2.75, 3.05) is 0 Å². The fraction of sp³-hybridized carbons (Fsp3) is 0.167. The van der Waals surface area contributed by atoms with E-state index in [1.165, 1.54) is 25.1 Å². The van der Waals surface area contributed by atoms with E-state index < -0.39 is 0 Å². The van der Waals surface area contributed by atoms with Gasteiger partial charge in [0, 0.05) is 14.6 Å². The molecule has 4 heteroatoms. The summed E-state index contributed by atoms with van der Waals surface area (Å²) >= 11 is 5.59. The van der Waals surface area contributed by atoms with Crippen LogP contribution < -0.4 is 0 Å². The smallest absolute Gasteiger partial charge is 0.115 e. The molecular weight excluding hydrogens is 326 g/mol. The van der Waals surface area contributed by atoms with Crippen LogP contribution in [0.2, 0.25) is 0 Å². The zero-order chi connectivity index (χ0) is 15.1. The highest BCUT2D eigenvalue weighted by atomic mass is 32.2. The van der Waals surface area contributed by atoms with Crippen LogP contribution in [0.25, 0.3) is 0 Å². The summed E-state index contributed by atoms with van der Waals surface area (Å²) in [5.74, 6) is 0. The van der Waals surface area contributed by atoms with E-state index in [0.29, 0.717) is 5.25 Å². The summed E-state index contributed by atoms with van der Waals surface area (Å²) in [6.45, 7) is 4.32. The molecule has 0 radical (unpaired) electrons. The molecule has 0 amide bonds. The minimum absolute atomic E-state index is 0.352.